The summed E-state index contributed by atoms with van der Waals surface area (Å²) in [5.74, 6) is 2.57. The van der Waals surface area contributed by atoms with E-state index in [2.05, 4.69) is 20.2 Å². The van der Waals surface area contributed by atoms with Gasteiger partial charge in [-0.25, -0.2) is 0 Å². The van der Waals surface area contributed by atoms with Crippen LogP contribution in [-0.4, -0.2) is 52.6 Å². The van der Waals surface area contributed by atoms with Gasteiger partial charge in [0.05, 0.1) is 23.5 Å². The fourth-order valence-electron chi connectivity index (χ4n) is 5.29. The van der Waals surface area contributed by atoms with Crippen LogP contribution >= 0.6 is 0 Å². The molecule has 0 aromatic carbocycles. The Labute approximate surface area is 173 Å². The van der Waals surface area contributed by atoms with Crippen molar-refractivity contribution >= 4 is 5.91 Å². The SMILES string of the molecule is Cc1nccnc1CN1C[C@H]2C[C@H](OCC3CC3)[C@@H](NC(=O)C3CCC3)C[C@H]2C1. The molecule has 1 amide bonds. The summed E-state index contributed by atoms with van der Waals surface area (Å²) >= 11 is 0. The van der Waals surface area contributed by atoms with Crippen LogP contribution in [0.4, 0.5) is 0 Å². The molecule has 5 rings (SSSR count). The van der Waals surface area contributed by atoms with Gasteiger partial charge in [-0.1, -0.05) is 6.42 Å². The van der Waals surface area contributed by atoms with Crippen molar-refractivity contribution in [1.82, 2.24) is 20.2 Å². The molecule has 158 valence electrons. The zero-order valence-electron chi connectivity index (χ0n) is 17.6. The third-order valence-electron chi connectivity index (χ3n) is 7.60. The molecule has 4 atom stereocenters. The van der Waals surface area contributed by atoms with E-state index in [1.165, 1.54) is 19.3 Å². The maximum atomic E-state index is 12.6. The number of nitrogens with zero attached hydrogens (tertiary/aromatic N) is 3. The van der Waals surface area contributed by atoms with Gasteiger partial charge < -0.3 is 10.1 Å². The highest BCUT2D eigenvalue weighted by Crippen LogP contribution is 2.39. The van der Waals surface area contributed by atoms with E-state index in [0.717, 1.165) is 69.2 Å². The summed E-state index contributed by atoms with van der Waals surface area (Å²) in [5.41, 5.74) is 2.11. The lowest BCUT2D eigenvalue weighted by atomic mass is 9.76. The third kappa shape index (κ3) is 4.48. The van der Waals surface area contributed by atoms with Gasteiger partial charge in [-0.3, -0.25) is 19.7 Å². The summed E-state index contributed by atoms with van der Waals surface area (Å²) in [6.07, 6.45) is 11.8. The molecule has 0 bridgehead atoms. The molecule has 29 heavy (non-hydrogen) atoms. The Kier molecular flexibility index (Phi) is 5.57. The summed E-state index contributed by atoms with van der Waals surface area (Å²) < 4.78 is 6.38. The molecule has 2 heterocycles. The number of nitrogens with one attached hydrogen (secondary N) is 1. The Morgan fingerprint density at radius 2 is 1.90 bits per heavy atom. The number of aryl methyl sites for hydroxylation is 1. The largest absolute Gasteiger partial charge is 0.376 e. The lowest BCUT2D eigenvalue weighted by molar-refractivity contribution is -0.130. The summed E-state index contributed by atoms with van der Waals surface area (Å²) in [6.45, 7) is 5.98. The van der Waals surface area contributed by atoms with E-state index in [1.807, 2.05) is 6.92 Å². The van der Waals surface area contributed by atoms with Gasteiger partial charge in [-0.2, -0.15) is 0 Å². The first-order chi connectivity index (χ1) is 14.2. The Balaban J connectivity index is 1.22. The van der Waals surface area contributed by atoms with Crippen molar-refractivity contribution < 1.29 is 9.53 Å². The number of rotatable bonds is 7. The van der Waals surface area contributed by atoms with E-state index in [4.69, 9.17) is 4.74 Å². The maximum Gasteiger partial charge on any atom is 0.223 e. The molecule has 0 unspecified atom stereocenters. The Hall–Kier alpha value is -1.53. The first kappa shape index (κ1) is 19.4. The molecule has 3 saturated carbocycles. The standard InChI is InChI=1S/C23H34N4O2/c1-15-21(25-8-7-24-15)13-27-11-18-9-20(26-23(28)17-3-2-4-17)22(10-19(18)12-27)29-14-16-5-6-16/h7-8,16-20,22H,2-6,9-14H2,1H3,(H,26,28)/t18-,19+,20-,22-/m0/s1. The van der Waals surface area contributed by atoms with Gasteiger partial charge in [-0.05, 0) is 63.2 Å². The minimum atomic E-state index is 0.180. The van der Waals surface area contributed by atoms with Crippen molar-refractivity contribution in [3.05, 3.63) is 23.8 Å². The van der Waals surface area contributed by atoms with Crippen LogP contribution in [-0.2, 0) is 16.1 Å². The molecule has 6 heteroatoms. The maximum absolute atomic E-state index is 12.6. The minimum absolute atomic E-state index is 0.180. The van der Waals surface area contributed by atoms with Crippen molar-refractivity contribution in [3.8, 4) is 0 Å². The quantitative estimate of drug-likeness (QED) is 0.765. The zero-order valence-corrected chi connectivity index (χ0v) is 17.6. The molecule has 1 N–H and O–H groups in total. The van der Waals surface area contributed by atoms with Gasteiger partial charge in [0.15, 0.2) is 0 Å². The number of carbonyl (C=O) groups is 1. The molecule has 0 radical (unpaired) electrons. The van der Waals surface area contributed by atoms with E-state index >= 15 is 0 Å². The Morgan fingerprint density at radius 3 is 2.59 bits per heavy atom. The number of fused-ring (bicyclic) bond motifs is 1. The van der Waals surface area contributed by atoms with Crippen molar-refractivity contribution in [3.63, 3.8) is 0 Å². The molecule has 1 aromatic heterocycles. The summed E-state index contributed by atoms with van der Waals surface area (Å²) in [5, 5.41) is 3.40. The highest BCUT2D eigenvalue weighted by molar-refractivity contribution is 5.79. The third-order valence-corrected chi connectivity index (χ3v) is 7.60. The van der Waals surface area contributed by atoms with Crippen LogP contribution in [0.15, 0.2) is 12.4 Å². The second-order valence-electron chi connectivity index (χ2n) is 9.83. The van der Waals surface area contributed by atoms with Crippen LogP contribution in [0.3, 0.4) is 0 Å². The molecular weight excluding hydrogens is 364 g/mol. The van der Waals surface area contributed by atoms with Crippen molar-refractivity contribution in [2.24, 2.45) is 23.7 Å². The number of hydrogen-bond acceptors (Lipinski definition) is 5. The predicted molar refractivity (Wildman–Crippen MR) is 110 cm³/mol. The van der Waals surface area contributed by atoms with Gasteiger partial charge in [0.25, 0.3) is 0 Å². The topological polar surface area (TPSA) is 67.3 Å². The monoisotopic (exact) mass is 398 g/mol. The van der Waals surface area contributed by atoms with Crippen LogP contribution in [0.2, 0.25) is 0 Å². The summed E-state index contributed by atoms with van der Waals surface area (Å²) in [6, 6.07) is 0.182. The number of aromatic nitrogens is 2. The molecule has 4 fully saturated rings. The molecular formula is C23H34N4O2. The molecule has 1 aliphatic heterocycles. The molecule has 0 spiro atoms. The predicted octanol–water partition coefficient (Wildman–Crippen LogP) is 2.71. The van der Waals surface area contributed by atoms with Crippen LogP contribution in [0.5, 0.6) is 0 Å². The average molecular weight is 399 g/mol. The number of carbonyl (C=O) groups excluding carboxylic acids is 1. The van der Waals surface area contributed by atoms with Crippen LogP contribution in [0, 0.1) is 30.6 Å². The summed E-state index contributed by atoms with van der Waals surface area (Å²) in [4.78, 5) is 24.1. The number of ether oxygens (including phenoxy) is 1. The smallest absolute Gasteiger partial charge is 0.223 e. The number of amides is 1. The Bertz CT molecular complexity index is 733. The minimum Gasteiger partial charge on any atom is -0.376 e. The van der Waals surface area contributed by atoms with Crippen LogP contribution < -0.4 is 5.32 Å². The fourth-order valence-corrected chi connectivity index (χ4v) is 5.29. The van der Waals surface area contributed by atoms with Gasteiger partial charge in [-0.15, -0.1) is 0 Å². The number of likely N-dealkylation sites (tertiary alicyclic amines) is 1. The van der Waals surface area contributed by atoms with Gasteiger partial charge >= 0.3 is 0 Å². The number of hydrogen-bond donors (Lipinski definition) is 1. The molecule has 3 aliphatic carbocycles. The first-order valence-corrected chi connectivity index (χ1v) is 11.6. The highest BCUT2D eigenvalue weighted by Gasteiger charge is 2.44. The lowest BCUT2D eigenvalue weighted by Gasteiger charge is -2.39. The normalized spacial score (nSPS) is 32.6. The molecule has 1 saturated heterocycles. The molecule has 1 aromatic rings. The van der Waals surface area contributed by atoms with Crippen molar-refractivity contribution in [1.29, 1.82) is 0 Å². The molecule has 4 aliphatic rings. The first-order valence-electron chi connectivity index (χ1n) is 11.6. The molecule has 6 nitrogen and oxygen atoms in total. The highest BCUT2D eigenvalue weighted by atomic mass is 16.5. The van der Waals surface area contributed by atoms with E-state index in [-0.39, 0.29) is 24.0 Å². The van der Waals surface area contributed by atoms with Gasteiger partial charge in [0, 0.05) is 44.6 Å². The second-order valence-corrected chi connectivity index (χ2v) is 9.83. The fraction of sp³-hybridized carbons (Fsp3) is 0.783. The van der Waals surface area contributed by atoms with Gasteiger partial charge in [0.2, 0.25) is 5.91 Å². The lowest BCUT2D eigenvalue weighted by Crippen LogP contribution is -2.52. The van der Waals surface area contributed by atoms with E-state index in [0.29, 0.717) is 11.8 Å². The van der Waals surface area contributed by atoms with Crippen LogP contribution in [0.1, 0.15) is 56.3 Å². The van der Waals surface area contributed by atoms with E-state index < -0.39 is 0 Å². The van der Waals surface area contributed by atoms with E-state index in [1.54, 1.807) is 12.4 Å². The van der Waals surface area contributed by atoms with E-state index in [9.17, 15) is 4.79 Å². The Morgan fingerprint density at radius 1 is 1.14 bits per heavy atom. The summed E-state index contributed by atoms with van der Waals surface area (Å²) in [7, 11) is 0. The average Bonchev–Trinajstić information content (AvgIpc) is 3.40. The van der Waals surface area contributed by atoms with Crippen LogP contribution in [0.25, 0.3) is 0 Å². The second kappa shape index (κ2) is 8.31. The van der Waals surface area contributed by atoms with Crippen molar-refractivity contribution in [2.45, 2.75) is 70.6 Å². The van der Waals surface area contributed by atoms with Crippen molar-refractivity contribution in [2.75, 3.05) is 19.7 Å². The van der Waals surface area contributed by atoms with Gasteiger partial charge in [0.1, 0.15) is 0 Å². The zero-order chi connectivity index (χ0) is 19.8.